The lowest BCUT2D eigenvalue weighted by atomic mass is 10.0. The monoisotopic (exact) mass is 292 g/mol. The average Bonchev–Trinajstić information content (AvgIpc) is 2.19. The van der Waals surface area contributed by atoms with E-state index in [1.54, 1.807) is 13.8 Å². The summed E-state index contributed by atoms with van der Waals surface area (Å²) in [5, 5.41) is 0. The molecular formula is C11H11BrF2O2. The van der Waals surface area contributed by atoms with E-state index in [2.05, 4.69) is 20.7 Å². The molecule has 0 aliphatic rings. The molecule has 0 N–H and O–H groups in total. The van der Waals surface area contributed by atoms with Crippen molar-refractivity contribution in [1.82, 2.24) is 0 Å². The molecule has 16 heavy (non-hydrogen) atoms. The fraction of sp³-hybridized carbons (Fsp3) is 0.364. The molecule has 0 amide bonds. The highest BCUT2D eigenvalue weighted by Gasteiger charge is 2.14. The first-order valence-electron chi connectivity index (χ1n) is 4.70. The van der Waals surface area contributed by atoms with Crippen molar-refractivity contribution in [2.24, 2.45) is 5.92 Å². The van der Waals surface area contributed by atoms with Gasteiger partial charge >= 0.3 is 6.61 Å². The zero-order valence-corrected chi connectivity index (χ0v) is 10.4. The van der Waals surface area contributed by atoms with Crippen LogP contribution in [0.25, 0.3) is 0 Å². The van der Waals surface area contributed by atoms with E-state index >= 15 is 0 Å². The number of hydrogen-bond donors (Lipinski definition) is 0. The Hall–Kier alpha value is -0.970. The SMILES string of the molecule is CC(C)C(=O)c1ccc(OC(F)F)c(Br)c1. The summed E-state index contributed by atoms with van der Waals surface area (Å²) in [4.78, 5) is 11.6. The van der Waals surface area contributed by atoms with Crippen molar-refractivity contribution < 1.29 is 18.3 Å². The molecule has 0 aliphatic carbocycles. The maximum atomic E-state index is 12.0. The summed E-state index contributed by atoms with van der Waals surface area (Å²) in [5.41, 5.74) is 0.475. The fourth-order valence-electron chi connectivity index (χ4n) is 1.18. The molecule has 0 unspecified atom stereocenters. The van der Waals surface area contributed by atoms with Crippen LogP contribution in [0.2, 0.25) is 0 Å². The molecule has 88 valence electrons. The van der Waals surface area contributed by atoms with Crippen LogP contribution in [0.15, 0.2) is 22.7 Å². The molecule has 0 aliphatic heterocycles. The molecule has 0 radical (unpaired) electrons. The summed E-state index contributed by atoms with van der Waals surface area (Å²) < 4.78 is 28.6. The van der Waals surface area contributed by atoms with Crippen molar-refractivity contribution >= 4 is 21.7 Å². The minimum atomic E-state index is -2.87. The zero-order chi connectivity index (χ0) is 12.3. The lowest BCUT2D eigenvalue weighted by Crippen LogP contribution is -2.08. The molecular weight excluding hydrogens is 282 g/mol. The van der Waals surface area contributed by atoms with E-state index in [1.165, 1.54) is 18.2 Å². The van der Waals surface area contributed by atoms with Crippen molar-refractivity contribution in [2.75, 3.05) is 0 Å². The van der Waals surface area contributed by atoms with Gasteiger partial charge in [-0.1, -0.05) is 13.8 Å². The third-order valence-electron chi connectivity index (χ3n) is 1.96. The van der Waals surface area contributed by atoms with Gasteiger partial charge in [-0.15, -0.1) is 0 Å². The first kappa shape index (κ1) is 13.1. The topological polar surface area (TPSA) is 26.3 Å². The van der Waals surface area contributed by atoms with Crippen molar-refractivity contribution in [2.45, 2.75) is 20.5 Å². The highest BCUT2D eigenvalue weighted by Crippen LogP contribution is 2.28. The Morgan fingerprint density at radius 1 is 1.38 bits per heavy atom. The summed E-state index contributed by atoms with van der Waals surface area (Å²) in [5.74, 6) is -0.145. The predicted octanol–water partition coefficient (Wildman–Crippen LogP) is 3.89. The van der Waals surface area contributed by atoms with E-state index in [4.69, 9.17) is 0 Å². The highest BCUT2D eigenvalue weighted by molar-refractivity contribution is 9.10. The van der Waals surface area contributed by atoms with Crippen molar-refractivity contribution in [3.63, 3.8) is 0 Å². The fourth-order valence-corrected chi connectivity index (χ4v) is 1.65. The van der Waals surface area contributed by atoms with Crippen LogP contribution in [0.4, 0.5) is 8.78 Å². The van der Waals surface area contributed by atoms with E-state index in [0.29, 0.717) is 10.0 Å². The van der Waals surface area contributed by atoms with Gasteiger partial charge in [-0.25, -0.2) is 0 Å². The van der Waals surface area contributed by atoms with E-state index in [0.717, 1.165) is 0 Å². The minimum Gasteiger partial charge on any atom is -0.434 e. The lowest BCUT2D eigenvalue weighted by molar-refractivity contribution is -0.0503. The molecule has 0 bridgehead atoms. The standard InChI is InChI=1S/C11H11BrF2O2/c1-6(2)10(15)7-3-4-9(8(12)5-7)16-11(13)14/h3-6,11H,1-2H3. The van der Waals surface area contributed by atoms with E-state index in [-0.39, 0.29) is 17.5 Å². The van der Waals surface area contributed by atoms with Crippen molar-refractivity contribution in [3.8, 4) is 5.75 Å². The summed E-state index contributed by atoms with van der Waals surface area (Å²) in [6.45, 7) is 0.683. The number of halogens is 3. The van der Waals surface area contributed by atoms with Crippen LogP contribution in [0.1, 0.15) is 24.2 Å². The number of benzene rings is 1. The summed E-state index contributed by atoms with van der Waals surface area (Å²) in [6, 6.07) is 4.32. The summed E-state index contributed by atoms with van der Waals surface area (Å²) in [6.07, 6.45) is 0. The second-order valence-corrected chi connectivity index (χ2v) is 4.40. The van der Waals surface area contributed by atoms with E-state index in [1.807, 2.05) is 0 Å². The van der Waals surface area contributed by atoms with Gasteiger partial charge < -0.3 is 4.74 Å². The lowest BCUT2D eigenvalue weighted by Gasteiger charge is -2.09. The third kappa shape index (κ3) is 3.27. The van der Waals surface area contributed by atoms with Gasteiger partial charge in [0.2, 0.25) is 0 Å². The van der Waals surface area contributed by atoms with Gasteiger partial charge in [-0.3, -0.25) is 4.79 Å². The van der Waals surface area contributed by atoms with E-state index < -0.39 is 6.61 Å². The van der Waals surface area contributed by atoms with Crippen LogP contribution in [0, 0.1) is 5.92 Å². The van der Waals surface area contributed by atoms with Crippen molar-refractivity contribution in [3.05, 3.63) is 28.2 Å². The molecule has 1 rings (SSSR count). The second kappa shape index (κ2) is 5.39. The number of ketones is 1. The number of alkyl halides is 2. The van der Waals surface area contributed by atoms with Gasteiger partial charge in [0.05, 0.1) is 4.47 Å². The molecule has 0 saturated heterocycles. The number of rotatable bonds is 4. The molecule has 0 saturated carbocycles. The molecule has 0 spiro atoms. The van der Waals surface area contributed by atoms with Gasteiger partial charge in [0.15, 0.2) is 5.78 Å². The number of Topliss-reactive ketones (excluding diaryl/α,β-unsaturated/α-hetero) is 1. The second-order valence-electron chi connectivity index (χ2n) is 3.54. The number of carbonyl (C=O) groups excluding carboxylic acids is 1. The average molecular weight is 293 g/mol. The minimum absolute atomic E-state index is 0.0234. The Labute approximate surface area is 101 Å². The molecule has 0 aromatic heterocycles. The molecule has 0 fully saturated rings. The van der Waals surface area contributed by atoms with Crippen LogP contribution < -0.4 is 4.74 Å². The quantitative estimate of drug-likeness (QED) is 0.787. The Bertz CT molecular complexity index is 392. The van der Waals surface area contributed by atoms with Crippen LogP contribution in [0.3, 0.4) is 0 Å². The molecule has 2 nitrogen and oxygen atoms in total. The first-order chi connectivity index (χ1) is 7.41. The van der Waals surface area contributed by atoms with Gasteiger partial charge in [-0.05, 0) is 34.1 Å². The van der Waals surface area contributed by atoms with Crippen molar-refractivity contribution in [1.29, 1.82) is 0 Å². The Balaban J connectivity index is 2.95. The maximum Gasteiger partial charge on any atom is 0.387 e. The first-order valence-corrected chi connectivity index (χ1v) is 5.49. The van der Waals surface area contributed by atoms with Crippen LogP contribution >= 0.6 is 15.9 Å². The highest BCUT2D eigenvalue weighted by atomic mass is 79.9. The third-order valence-corrected chi connectivity index (χ3v) is 2.58. The predicted molar refractivity (Wildman–Crippen MR) is 59.9 cm³/mol. The number of hydrogen-bond acceptors (Lipinski definition) is 2. The summed E-state index contributed by atoms with van der Waals surface area (Å²) in [7, 11) is 0. The number of carbonyl (C=O) groups is 1. The Kier molecular flexibility index (Phi) is 4.41. The Morgan fingerprint density at radius 3 is 2.44 bits per heavy atom. The van der Waals surface area contributed by atoms with Crippen LogP contribution in [-0.4, -0.2) is 12.4 Å². The Morgan fingerprint density at radius 2 is 2.00 bits per heavy atom. The van der Waals surface area contributed by atoms with Gasteiger partial charge in [-0.2, -0.15) is 8.78 Å². The normalized spacial score (nSPS) is 10.9. The zero-order valence-electron chi connectivity index (χ0n) is 8.84. The smallest absolute Gasteiger partial charge is 0.387 e. The maximum absolute atomic E-state index is 12.0. The largest absolute Gasteiger partial charge is 0.434 e. The van der Waals surface area contributed by atoms with Crippen LogP contribution in [-0.2, 0) is 0 Å². The molecule has 1 aromatic rings. The number of ether oxygens (including phenoxy) is 1. The van der Waals surface area contributed by atoms with Gasteiger partial charge in [0, 0.05) is 11.5 Å². The summed E-state index contributed by atoms with van der Waals surface area (Å²) >= 11 is 3.08. The van der Waals surface area contributed by atoms with Crippen LogP contribution in [0.5, 0.6) is 5.75 Å². The molecule has 0 heterocycles. The van der Waals surface area contributed by atoms with Gasteiger partial charge in [0.1, 0.15) is 5.75 Å². The van der Waals surface area contributed by atoms with E-state index in [9.17, 15) is 13.6 Å². The molecule has 1 aromatic carbocycles. The van der Waals surface area contributed by atoms with Gasteiger partial charge in [0.25, 0.3) is 0 Å². The molecule has 0 atom stereocenters. The molecule has 5 heteroatoms.